The van der Waals surface area contributed by atoms with Gasteiger partial charge >= 0.3 is 23.9 Å². The molecule has 0 saturated carbocycles. The average Bonchev–Trinajstić information content (AvgIpc) is 2.89. The second-order valence-corrected chi connectivity index (χ2v) is 9.57. The van der Waals surface area contributed by atoms with Crippen LogP contribution in [-0.4, -0.2) is 76.3 Å². The van der Waals surface area contributed by atoms with Crippen LogP contribution in [0.3, 0.4) is 0 Å². The zero-order valence-corrected chi connectivity index (χ0v) is 22.0. The number of alkyl halides is 1. The maximum Gasteiger partial charge on any atom is 0.358 e. The highest BCUT2D eigenvalue weighted by molar-refractivity contribution is 8.00. The maximum absolute atomic E-state index is 13.1. The van der Waals surface area contributed by atoms with Gasteiger partial charge in [0.2, 0.25) is 12.7 Å². The summed E-state index contributed by atoms with van der Waals surface area (Å²) in [5, 5.41) is 11.4. The molecule has 3 atom stereocenters. The van der Waals surface area contributed by atoms with Gasteiger partial charge in [-0.1, -0.05) is 31.2 Å². The number of carbonyl (C=O) groups excluding carboxylic acids is 5. The van der Waals surface area contributed by atoms with Crippen molar-refractivity contribution in [2.24, 2.45) is 0 Å². The number of fused-ring (bicyclic) bond motifs is 1. The minimum absolute atomic E-state index is 0.0663. The Bertz CT molecular complexity index is 1170. The number of nitrogens with one attached hydrogen (secondary N) is 1. The number of nitrogens with zero attached hydrogens (tertiary/aromatic N) is 1. The number of amides is 2. The summed E-state index contributed by atoms with van der Waals surface area (Å²) in [6.07, 6.45) is 0.0663. The topological polar surface area (TPSA) is 166 Å². The molecule has 2 heterocycles. The molecule has 0 aliphatic carbocycles. The molecule has 14 heteroatoms. The van der Waals surface area contributed by atoms with Crippen LogP contribution in [0.2, 0.25) is 0 Å². The third-order valence-corrected chi connectivity index (χ3v) is 7.31. The number of benzene rings is 1. The van der Waals surface area contributed by atoms with E-state index in [0.29, 0.717) is 0 Å². The number of esters is 3. The third kappa shape index (κ3) is 6.45. The Kier molecular flexibility index (Phi) is 9.75. The average molecular weight is 569 g/mol. The number of rotatable bonds is 11. The lowest BCUT2D eigenvalue weighted by atomic mass is 9.95. The van der Waals surface area contributed by atoms with Crippen LogP contribution in [0.4, 0.5) is 0 Å². The molecule has 3 unspecified atom stereocenters. The predicted octanol–water partition coefficient (Wildman–Crippen LogP) is 1.26. The number of hydrogen-bond donors (Lipinski definition) is 2. The molecule has 38 heavy (non-hydrogen) atoms. The van der Waals surface area contributed by atoms with Crippen LogP contribution in [0.15, 0.2) is 35.5 Å². The number of halogens is 1. The summed E-state index contributed by atoms with van der Waals surface area (Å²) in [6, 6.07) is 5.04. The van der Waals surface area contributed by atoms with Crippen molar-refractivity contribution in [3.8, 4) is 0 Å². The highest BCUT2D eigenvalue weighted by Crippen LogP contribution is 2.41. The number of ether oxygens (including phenoxy) is 3. The van der Waals surface area contributed by atoms with Crippen molar-refractivity contribution < 1.29 is 48.1 Å². The molecular weight excluding hydrogens is 544 g/mol. The number of β-lactam (4-membered cyclic amide) rings is 1. The lowest BCUT2D eigenvalue weighted by Crippen LogP contribution is -2.71. The molecule has 0 bridgehead atoms. The summed E-state index contributed by atoms with van der Waals surface area (Å²) < 4.78 is 14.7. The first-order valence-electron chi connectivity index (χ1n) is 11.4. The fraction of sp³-hybridized carbons (Fsp3) is 0.417. The monoisotopic (exact) mass is 568 g/mol. The molecule has 1 fully saturated rings. The largest absolute Gasteiger partial charge is 0.480 e. The van der Waals surface area contributed by atoms with Gasteiger partial charge in [-0.15, -0.1) is 23.4 Å². The fourth-order valence-corrected chi connectivity index (χ4v) is 5.24. The van der Waals surface area contributed by atoms with Crippen LogP contribution in [0.5, 0.6) is 0 Å². The van der Waals surface area contributed by atoms with Crippen molar-refractivity contribution in [1.82, 2.24) is 10.2 Å². The predicted molar refractivity (Wildman–Crippen MR) is 132 cm³/mol. The van der Waals surface area contributed by atoms with Gasteiger partial charge in [0.05, 0.1) is 0 Å². The van der Waals surface area contributed by atoms with E-state index in [0.717, 1.165) is 10.5 Å². The summed E-state index contributed by atoms with van der Waals surface area (Å²) in [5.41, 5.74) is 1.04. The summed E-state index contributed by atoms with van der Waals surface area (Å²) in [4.78, 5) is 74.5. The van der Waals surface area contributed by atoms with Crippen molar-refractivity contribution in [3.05, 3.63) is 46.7 Å². The summed E-state index contributed by atoms with van der Waals surface area (Å²) in [6.45, 7) is 1.78. The van der Waals surface area contributed by atoms with E-state index in [1.807, 2.05) is 0 Å². The summed E-state index contributed by atoms with van der Waals surface area (Å²) in [7, 11) is 0. The van der Waals surface area contributed by atoms with E-state index in [1.54, 1.807) is 19.1 Å². The molecule has 1 saturated heterocycles. The van der Waals surface area contributed by atoms with Crippen molar-refractivity contribution in [1.29, 1.82) is 0 Å². The molecule has 2 aliphatic rings. The van der Waals surface area contributed by atoms with E-state index in [2.05, 4.69) is 5.32 Å². The summed E-state index contributed by atoms with van der Waals surface area (Å²) >= 11 is 6.95. The number of thioether (sulfide) groups is 1. The molecule has 2 N–H and O–H groups in total. The van der Waals surface area contributed by atoms with Crippen LogP contribution in [0.25, 0.3) is 0 Å². The van der Waals surface area contributed by atoms with E-state index < -0.39 is 59.8 Å². The SMILES string of the molecule is CCC(=O)OCOC(=O)C1=C(COC(C)=O)CSC2C(NC(=O)C(C(=O)O)c3ccc(CCl)cc3)C(=O)N12. The molecule has 3 rings (SSSR count). The summed E-state index contributed by atoms with van der Waals surface area (Å²) in [5.74, 6) is -6.40. The van der Waals surface area contributed by atoms with Crippen LogP contribution < -0.4 is 5.32 Å². The molecular formula is C24H25ClN2O10S. The van der Waals surface area contributed by atoms with Gasteiger partial charge in [0.25, 0.3) is 5.91 Å². The minimum Gasteiger partial charge on any atom is -0.480 e. The number of carboxylic acid groups (broad SMARTS) is 1. The molecule has 0 aromatic heterocycles. The normalized spacial score (nSPS) is 19.0. The molecule has 2 aliphatic heterocycles. The van der Waals surface area contributed by atoms with Gasteiger partial charge in [-0.2, -0.15) is 0 Å². The van der Waals surface area contributed by atoms with Crippen LogP contribution in [-0.2, 0) is 48.9 Å². The first kappa shape index (κ1) is 29.0. The van der Waals surface area contributed by atoms with Gasteiger partial charge in [-0.25, -0.2) is 4.79 Å². The van der Waals surface area contributed by atoms with E-state index >= 15 is 0 Å². The number of carbonyl (C=O) groups is 6. The highest BCUT2D eigenvalue weighted by atomic mass is 35.5. The zero-order valence-electron chi connectivity index (χ0n) is 20.4. The standard InChI is InChI=1S/C24H25ClN2O10S/c1-3-16(29)36-11-37-24(34)19-15(9-35-12(2)28)10-38-22-18(21(31)27(19)22)26-20(30)17(23(32)33)14-6-4-13(8-25)5-7-14/h4-7,17-18,22H,3,8-11H2,1-2H3,(H,26,30)(H,32,33). The molecule has 2 amide bonds. The quantitative estimate of drug-likeness (QED) is 0.130. The maximum atomic E-state index is 13.1. The van der Waals surface area contributed by atoms with Gasteiger partial charge in [0.1, 0.15) is 23.7 Å². The number of hydrogen-bond acceptors (Lipinski definition) is 10. The molecule has 0 spiro atoms. The van der Waals surface area contributed by atoms with Gasteiger partial charge in [-0.05, 0) is 11.1 Å². The number of aliphatic carboxylic acids is 1. The van der Waals surface area contributed by atoms with E-state index in [1.165, 1.54) is 30.8 Å². The van der Waals surface area contributed by atoms with Gasteiger partial charge in [-0.3, -0.25) is 28.9 Å². The second kappa shape index (κ2) is 12.8. The Hall–Kier alpha value is -3.58. The zero-order chi connectivity index (χ0) is 28.0. The molecule has 1 aromatic carbocycles. The second-order valence-electron chi connectivity index (χ2n) is 8.19. The Balaban J connectivity index is 1.77. The molecule has 0 radical (unpaired) electrons. The Morgan fingerprint density at radius 2 is 1.84 bits per heavy atom. The van der Waals surface area contributed by atoms with Crippen LogP contribution >= 0.6 is 23.4 Å². The van der Waals surface area contributed by atoms with Crippen molar-refractivity contribution in [2.75, 3.05) is 19.2 Å². The lowest BCUT2D eigenvalue weighted by molar-refractivity contribution is -0.168. The molecule has 1 aromatic rings. The van der Waals surface area contributed by atoms with Crippen LogP contribution in [0, 0.1) is 0 Å². The molecule has 12 nitrogen and oxygen atoms in total. The third-order valence-electron chi connectivity index (χ3n) is 5.66. The van der Waals surface area contributed by atoms with Crippen LogP contribution in [0.1, 0.15) is 37.3 Å². The van der Waals surface area contributed by atoms with Gasteiger partial charge in [0.15, 0.2) is 5.92 Å². The van der Waals surface area contributed by atoms with E-state index in [4.69, 9.17) is 25.8 Å². The lowest BCUT2D eigenvalue weighted by Gasteiger charge is -2.49. The molecule has 204 valence electrons. The minimum atomic E-state index is -1.58. The highest BCUT2D eigenvalue weighted by Gasteiger charge is 2.55. The van der Waals surface area contributed by atoms with Crippen molar-refractivity contribution in [2.45, 2.75) is 43.5 Å². The number of carboxylic acids is 1. The Morgan fingerprint density at radius 3 is 2.42 bits per heavy atom. The van der Waals surface area contributed by atoms with Crippen molar-refractivity contribution >= 4 is 59.1 Å². The van der Waals surface area contributed by atoms with E-state index in [-0.39, 0.29) is 41.5 Å². The first-order chi connectivity index (χ1) is 18.1. The van der Waals surface area contributed by atoms with Crippen molar-refractivity contribution in [3.63, 3.8) is 0 Å². The smallest absolute Gasteiger partial charge is 0.358 e. The fourth-order valence-electron chi connectivity index (χ4n) is 3.73. The van der Waals surface area contributed by atoms with Gasteiger partial charge < -0.3 is 24.6 Å². The Labute approximate surface area is 226 Å². The Morgan fingerprint density at radius 1 is 1.16 bits per heavy atom. The van der Waals surface area contributed by atoms with Gasteiger partial charge in [0, 0.05) is 30.6 Å². The van der Waals surface area contributed by atoms with E-state index in [9.17, 15) is 33.9 Å². The first-order valence-corrected chi connectivity index (χ1v) is 13.0.